The number of anilines is 1. The van der Waals surface area contributed by atoms with Gasteiger partial charge in [-0.2, -0.15) is 0 Å². The molecular formula is C10H13FN2. The fraction of sp³-hybridized carbons (Fsp3) is 0.400. The number of hydrogen-bond donors (Lipinski definition) is 1. The van der Waals surface area contributed by atoms with Crippen LogP contribution in [-0.2, 0) is 6.42 Å². The van der Waals surface area contributed by atoms with E-state index >= 15 is 0 Å². The van der Waals surface area contributed by atoms with Gasteiger partial charge >= 0.3 is 0 Å². The van der Waals surface area contributed by atoms with Crippen LogP contribution in [0.3, 0.4) is 0 Å². The van der Waals surface area contributed by atoms with Crippen molar-refractivity contribution in [1.82, 2.24) is 0 Å². The number of halogens is 1. The van der Waals surface area contributed by atoms with Gasteiger partial charge in [0.25, 0.3) is 0 Å². The Morgan fingerprint density at radius 3 is 3.08 bits per heavy atom. The Morgan fingerprint density at radius 2 is 2.31 bits per heavy atom. The highest BCUT2D eigenvalue weighted by Gasteiger charge is 2.17. The van der Waals surface area contributed by atoms with Gasteiger partial charge in [-0.15, -0.1) is 0 Å². The monoisotopic (exact) mass is 180 g/mol. The minimum Gasteiger partial charge on any atom is -0.370 e. The van der Waals surface area contributed by atoms with Crippen LogP contribution < -0.4 is 10.6 Å². The molecule has 0 radical (unpaired) electrons. The Labute approximate surface area is 77.2 Å². The van der Waals surface area contributed by atoms with Gasteiger partial charge in [-0.3, -0.25) is 0 Å². The highest BCUT2D eigenvalue weighted by atomic mass is 19.1. The van der Waals surface area contributed by atoms with Gasteiger partial charge in [-0.1, -0.05) is 0 Å². The Balaban J connectivity index is 2.27. The molecule has 0 aromatic heterocycles. The molecule has 0 spiro atoms. The second kappa shape index (κ2) is 3.34. The third-order valence-corrected chi connectivity index (χ3v) is 2.43. The molecular weight excluding hydrogens is 167 g/mol. The van der Waals surface area contributed by atoms with Gasteiger partial charge in [-0.25, -0.2) is 4.39 Å². The summed E-state index contributed by atoms with van der Waals surface area (Å²) in [7, 11) is 0. The highest BCUT2D eigenvalue weighted by molar-refractivity contribution is 5.57. The maximum Gasteiger partial charge on any atom is 0.123 e. The molecule has 13 heavy (non-hydrogen) atoms. The molecule has 0 saturated heterocycles. The molecule has 0 saturated carbocycles. The number of nitrogens with zero attached hydrogens (tertiary/aromatic N) is 1. The lowest BCUT2D eigenvalue weighted by atomic mass is 10.2. The minimum atomic E-state index is -0.145. The molecule has 1 aliphatic heterocycles. The van der Waals surface area contributed by atoms with Crippen LogP contribution in [0.2, 0.25) is 0 Å². The van der Waals surface area contributed by atoms with E-state index in [0.29, 0.717) is 6.54 Å². The summed E-state index contributed by atoms with van der Waals surface area (Å²) in [5.41, 5.74) is 7.73. The molecule has 0 aliphatic carbocycles. The van der Waals surface area contributed by atoms with Crippen LogP contribution in [0.25, 0.3) is 0 Å². The Bertz CT molecular complexity index is 312. The maximum atomic E-state index is 12.8. The van der Waals surface area contributed by atoms with E-state index < -0.39 is 0 Å². The average molecular weight is 180 g/mol. The maximum absolute atomic E-state index is 12.8. The summed E-state index contributed by atoms with van der Waals surface area (Å²) in [6.45, 7) is 2.48. The molecule has 70 valence electrons. The van der Waals surface area contributed by atoms with Crippen LogP contribution in [0.4, 0.5) is 10.1 Å². The van der Waals surface area contributed by atoms with Crippen molar-refractivity contribution in [3.05, 3.63) is 29.6 Å². The third-order valence-electron chi connectivity index (χ3n) is 2.43. The summed E-state index contributed by atoms with van der Waals surface area (Å²) in [5.74, 6) is -0.145. The lowest BCUT2D eigenvalue weighted by Crippen LogP contribution is -2.27. The van der Waals surface area contributed by atoms with Crippen LogP contribution in [0.15, 0.2) is 18.2 Å². The first-order chi connectivity index (χ1) is 6.31. The summed E-state index contributed by atoms with van der Waals surface area (Å²) < 4.78 is 12.8. The van der Waals surface area contributed by atoms with E-state index in [1.807, 2.05) is 6.07 Å². The molecule has 1 heterocycles. The SMILES string of the molecule is NCCN1CCc2cc(F)ccc21. The molecule has 0 bridgehead atoms. The third kappa shape index (κ3) is 1.52. The fourth-order valence-corrected chi connectivity index (χ4v) is 1.83. The van der Waals surface area contributed by atoms with Crippen LogP contribution >= 0.6 is 0 Å². The Kier molecular flexibility index (Phi) is 2.19. The van der Waals surface area contributed by atoms with Gasteiger partial charge in [0.1, 0.15) is 5.82 Å². The molecule has 0 fully saturated rings. The van der Waals surface area contributed by atoms with E-state index in [1.54, 1.807) is 6.07 Å². The summed E-state index contributed by atoms with van der Waals surface area (Å²) >= 11 is 0. The normalized spacial score (nSPS) is 14.8. The van der Waals surface area contributed by atoms with Gasteiger partial charge in [0.05, 0.1) is 0 Å². The molecule has 2 N–H and O–H groups in total. The van der Waals surface area contributed by atoms with Gasteiger partial charge in [-0.05, 0) is 30.2 Å². The molecule has 2 nitrogen and oxygen atoms in total. The molecule has 1 aromatic carbocycles. The number of fused-ring (bicyclic) bond motifs is 1. The number of nitrogens with two attached hydrogens (primary N) is 1. The van der Waals surface area contributed by atoms with Crippen molar-refractivity contribution in [3.8, 4) is 0 Å². The number of rotatable bonds is 2. The fourth-order valence-electron chi connectivity index (χ4n) is 1.83. The van der Waals surface area contributed by atoms with Gasteiger partial charge in [0.15, 0.2) is 0 Å². The molecule has 2 rings (SSSR count). The lowest BCUT2D eigenvalue weighted by molar-refractivity contribution is 0.626. The van der Waals surface area contributed by atoms with E-state index in [-0.39, 0.29) is 5.82 Å². The van der Waals surface area contributed by atoms with Crippen molar-refractivity contribution in [1.29, 1.82) is 0 Å². The number of hydrogen-bond acceptors (Lipinski definition) is 2. The van der Waals surface area contributed by atoms with Crippen molar-refractivity contribution >= 4 is 5.69 Å². The number of benzene rings is 1. The second-order valence-corrected chi connectivity index (χ2v) is 3.30. The van der Waals surface area contributed by atoms with E-state index in [2.05, 4.69) is 4.90 Å². The smallest absolute Gasteiger partial charge is 0.123 e. The minimum absolute atomic E-state index is 0.145. The summed E-state index contributed by atoms with van der Waals surface area (Å²) in [6.07, 6.45) is 0.938. The van der Waals surface area contributed by atoms with E-state index in [4.69, 9.17) is 5.73 Å². The van der Waals surface area contributed by atoms with E-state index in [1.165, 1.54) is 6.07 Å². The average Bonchev–Trinajstić information content (AvgIpc) is 2.49. The predicted octanol–water partition coefficient (Wildman–Crippen LogP) is 1.15. The first-order valence-corrected chi connectivity index (χ1v) is 4.54. The van der Waals surface area contributed by atoms with Crippen molar-refractivity contribution in [3.63, 3.8) is 0 Å². The van der Waals surface area contributed by atoms with E-state index in [9.17, 15) is 4.39 Å². The summed E-state index contributed by atoms with van der Waals surface area (Å²) in [6, 6.07) is 4.97. The highest BCUT2D eigenvalue weighted by Crippen LogP contribution is 2.27. The topological polar surface area (TPSA) is 29.3 Å². The molecule has 0 amide bonds. The van der Waals surface area contributed by atoms with Crippen molar-refractivity contribution in [2.75, 3.05) is 24.5 Å². The molecule has 0 atom stereocenters. The second-order valence-electron chi connectivity index (χ2n) is 3.30. The first-order valence-electron chi connectivity index (χ1n) is 4.54. The predicted molar refractivity (Wildman–Crippen MR) is 51.4 cm³/mol. The van der Waals surface area contributed by atoms with Crippen LogP contribution in [0.1, 0.15) is 5.56 Å². The van der Waals surface area contributed by atoms with Crippen molar-refractivity contribution in [2.24, 2.45) is 5.73 Å². The standard InChI is InChI=1S/C10H13FN2/c11-9-1-2-10-8(7-9)3-5-13(10)6-4-12/h1-2,7H,3-6,12H2. The molecule has 1 aromatic rings. The van der Waals surface area contributed by atoms with Gasteiger partial charge in [0, 0.05) is 25.3 Å². The largest absolute Gasteiger partial charge is 0.370 e. The lowest BCUT2D eigenvalue weighted by Gasteiger charge is -2.17. The van der Waals surface area contributed by atoms with Crippen molar-refractivity contribution in [2.45, 2.75) is 6.42 Å². The zero-order valence-corrected chi connectivity index (χ0v) is 7.46. The van der Waals surface area contributed by atoms with Gasteiger partial charge < -0.3 is 10.6 Å². The quantitative estimate of drug-likeness (QED) is 0.739. The summed E-state index contributed by atoms with van der Waals surface area (Å²) in [5, 5.41) is 0. The van der Waals surface area contributed by atoms with Crippen LogP contribution in [-0.4, -0.2) is 19.6 Å². The van der Waals surface area contributed by atoms with Crippen molar-refractivity contribution < 1.29 is 4.39 Å². The Hall–Kier alpha value is -1.09. The Morgan fingerprint density at radius 1 is 1.46 bits per heavy atom. The van der Waals surface area contributed by atoms with E-state index in [0.717, 1.165) is 30.8 Å². The molecule has 1 aliphatic rings. The van der Waals surface area contributed by atoms with Gasteiger partial charge in [0.2, 0.25) is 0 Å². The molecule has 0 unspecified atom stereocenters. The first kappa shape index (κ1) is 8.51. The summed E-state index contributed by atoms with van der Waals surface area (Å²) in [4.78, 5) is 2.20. The zero-order valence-electron chi connectivity index (χ0n) is 7.46. The zero-order chi connectivity index (χ0) is 9.26. The molecule has 3 heteroatoms. The van der Waals surface area contributed by atoms with Crippen LogP contribution in [0, 0.1) is 5.82 Å². The van der Waals surface area contributed by atoms with Crippen LogP contribution in [0.5, 0.6) is 0 Å².